The standard InChI is InChI=1S/C15H17BrN4O.ClH/c16-12-9-18-20(10-12)14-4-6-19(7-5-14)15(21)11-2-1-3-13(17)8-11;/h1-3,8-10,14H,4-7,17H2;1H. The van der Waals surface area contributed by atoms with Gasteiger partial charge in [0, 0.05) is 30.5 Å². The van der Waals surface area contributed by atoms with Crippen molar-refractivity contribution in [1.29, 1.82) is 0 Å². The molecule has 0 radical (unpaired) electrons. The van der Waals surface area contributed by atoms with Crippen LogP contribution < -0.4 is 5.73 Å². The molecule has 1 aliphatic heterocycles. The highest BCUT2D eigenvalue weighted by Gasteiger charge is 2.25. The summed E-state index contributed by atoms with van der Waals surface area (Å²) in [5.41, 5.74) is 7.02. The van der Waals surface area contributed by atoms with Gasteiger partial charge in [0.25, 0.3) is 5.91 Å². The van der Waals surface area contributed by atoms with E-state index in [-0.39, 0.29) is 18.3 Å². The van der Waals surface area contributed by atoms with E-state index in [1.807, 2.05) is 27.9 Å². The molecule has 0 aliphatic carbocycles. The third-order valence-electron chi connectivity index (χ3n) is 3.83. The van der Waals surface area contributed by atoms with Crippen LogP contribution in [0.4, 0.5) is 5.69 Å². The van der Waals surface area contributed by atoms with Crippen molar-refractivity contribution in [2.45, 2.75) is 18.9 Å². The zero-order chi connectivity index (χ0) is 14.8. The van der Waals surface area contributed by atoms with Crippen molar-refractivity contribution in [1.82, 2.24) is 14.7 Å². The first-order chi connectivity index (χ1) is 10.1. The fraction of sp³-hybridized carbons (Fsp3) is 0.333. The summed E-state index contributed by atoms with van der Waals surface area (Å²) in [4.78, 5) is 14.3. The topological polar surface area (TPSA) is 64.2 Å². The number of aromatic nitrogens is 2. The van der Waals surface area contributed by atoms with Crippen molar-refractivity contribution < 1.29 is 4.79 Å². The Labute approximate surface area is 144 Å². The van der Waals surface area contributed by atoms with E-state index in [0.29, 0.717) is 17.3 Å². The van der Waals surface area contributed by atoms with Crippen molar-refractivity contribution in [2.24, 2.45) is 0 Å². The molecule has 0 bridgehead atoms. The molecular weight excluding hydrogens is 368 g/mol. The van der Waals surface area contributed by atoms with Gasteiger partial charge in [-0.3, -0.25) is 9.48 Å². The third kappa shape index (κ3) is 3.62. The minimum absolute atomic E-state index is 0. The second-order valence-corrected chi connectivity index (χ2v) is 6.20. The van der Waals surface area contributed by atoms with Gasteiger partial charge in [-0.1, -0.05) is 6.07 Å². The van der Waals surface area contributed by atoms with Gasteiger partial charge in [0.1, 0.15) is 0 Å². The van der Waals surface area contributed by atoms with Crippen LogP contribution >= 0.6 is 28.3 Å². The van der Waals surface area contributed by atoms with Gasteiger partial charge >= 0.3 is 0 Å². The first-order valence-corrected chi connectivity index (χ1v) is 7.77. The first-order valence-electron chi connectivity index (χ1n) is 6.98. The molecule has 0 saturated carbocycles. The Morgan fingerprint density at radius 1 is 1.32 bits per heavy atom. The van der Waals surface area contributed by atoms with Gasteiger partial charge in [0.05, 0.1) is 16.7 Å². The second kappa shape index (κ2) is 7.15. The number of likely N-dealkylation sites (tertiary alicyclic amines) is 1. The lowest BCUT2D eigenvalue weighted by molar-refractivity contribution is 0.0690. The van der Waals surface area contributed by atoms with Crippen LogP contribution in [0.1, 0.15) is 29.2 Å². The van der Waals surface area contributed by atoms with Crippen LogP contribution in [-0.4, -0.2) is 33.7 Å². The van der Waals surface area contributed by atoms with E-state index in [1.165, 1.54) is 0 Å². The fourth-order valence-corrected chi connectivity index (χ4v) is 3.00. The number of amides is 1. The normalized spacial score (nSPS) is 15.4. The molecule has 0 spiro atoms. The van der Waals surface area contributed by atoms with Crippen molar-refractivity contribution in [3.63, 3.8) is 0 Å². The highest BCUT2D eigenvalue weighted by atomic mass is 79.9. The van der Waals surface area contributed by atoms with E-state index in [4.69, 9.17) is 5.73 Å². The Kier molecular flexibility index (Phi) is 5.47. The van der Waals surface area contributed by atoms with Crippen molar-refractivity contribution in [3.05, 3.63) is 46.7 Å². The van der Waals surface area contributed by atoms with Crippen LogP contribution in [0.25, 0.3) is 0 Å². The largest absolute Gasteiger partial charge is 0.399 e. The molecule has 0 atom stereocenters. The highest BCUT2D eigenvalue weighted by Crippen LogP contribution is 2.24. The molecule has 2 N–H and O–H groups in total. The second-order valence-electron chi connectivity index (χ2n) is 5.29. The van der Waals surface area contributed by atoms with Crippen molar-refractivity contribution in [3.8, 4) is 0 Å². The molecule has 118 valence electrons. The smallest absolute Gasteiger partial charge is 0.253 e. The fourth-order valence-electron chi connectivity index (χ4n) is 2.70. The van der Waals surface area contributed by atoms with Gasteiger partial charge < -0.3 is 10.6 Å². The van der Waals surface area contributed by atoms with E-state index < -0.39 is 0 Å². The van der Waals surface area contributed by atoms with Gasteiger partial charge in [-0.15, -0.1) is 12.4 Å². The maximum Gasteiger partial charge on any atom is 0.253 e. The molecule has 1 aliphatic rings. The molecule has 1 aromatic carbocycles. The Balaban J connectivity index is 0.00000176. The molecule has 3 rings (SSSR count). The lowest BCUT2D eigenvalue weighted by atomic mass is 10.0. The minimum Gasteiger partial charge on any atom is -0.399 e. The Hall–Kier alpha value is -1.53. The van der Waals surface area contributed by atoms with Gasteiger partial charge in [-0.25, -0.2) is 0 Å². The van der Waals surface area contributed by atoms with E-state index in [0.717, 1.165) is 30.4 Å². The number of carbonyl (C=O) groups excluding carboxylic acids is 1. The highest BCUT2D eigenvalue weighted by molar-refractivity contribution is 9.10. The molecule has 7 heteroatoms. The number of nitrogens with zero attached hydrogens (tertiary/aromatic N) is 3. The molecule has 5 nitrogen and oxygen atoms in total. The number of nitrogen functional groups attached to an aromatic ring is 1. The first kappa shape index (κ1) is 16.8. The number of nitrogens with two attached hydrogens (primary N) is 1. The molecule has 1 fully saturated rings. The number of benzene rings is 1. The Morgan fingerprint density at radius 2 is 2.05 bits per heavy atom. The lowest BCUT2D eigenvalue weighted by Crippen LogP contribution is -2.39. The van der Waals surface area contributed by atoms with Crippen LogP contribution in [-0.2, 0) is 0 Å². The predicted octanol–water partition coefficient (Wildman–Crippen LogP) is 3.13. The van der Waals surface area contributed by atoms with E-state index in [1.54, 1.807) is 18.3 Å². The van der Waals surface area contributed by atoms with E-state index in [9.17, 15) is 4.79 Å². The van der Waals surface area contributed by atoms with Crippen LogP contribution in [0.15, 0.2) is 41.1 Å². The Bertz CT molecular complexity index is 652. The maximum atomic E-state index is 12.4. The van der Waals surface area contributed by atoms with Crippen LogP contribution in [0, 0.1) is 0 Å². The van der Waals surface area contributed by atoms with Gasteiger partial charge in [-0.05, 0) is 47.0 Å². The molecular formula is C15H18BrClN4O. The number of carbonyl (C=O) groups is 1. The molecule has 22 heavy (non-hydrogen) atoms. The van der Waals surface area contributed by atoms with Gasteiger partial charge in [0.2, 0.25) is 0 Å². The number of hydrogen-bond donors (Lipinski definition) is 1. The van der Waals surface area contributed by atoms with Crippen molar-refractivity contribution in [2.75, 3.05) is 18.8 Å². The van der Waals surface area contributed by atoms with Gasteiger partial charge in [0.15, 0.2) is 0 Å². The molecule has 1 amide bonds. The summed E-state index contributed by atoms with van der Waals surface area (Å²) in [5, 5.41) is 4.33. The van der Waals surface area contributed by atoms with E-state index in [2.05, 4.69) is 21.0 Å². The molecule has 1 aromatic heterocycles. The molecule has 2 aromatic rings. The minimum atomic E-state index is 0. The Morgan fingerprint density at radius 3 is 2.64 bits per heavy atom. The zero-order valence-corrected chi connectivity index (χ0v) is 14.4. The number of rotatable bonds is 2. The lowest BCUT2D eigenvalue weighted by Gasteiger charge is -2.32. The third-order valence-corrected chi connectivity index (χ3v) is 4.24. The molecule has 0 unspecified atom stereocenters. The van der Waals surface area contributed by atoms with Crippen LogP contribution in [0.3, 0.4) is 0 Å². The summed E-state index contributed by atoms with van der Waals surface area (Å²) < 4.78 is 2.97. The summed E-state index contributed by atoms with van der Waals surface area (Å²) in [7, 11) is 0. The van der Waals surface area contributed by atoms with E-state index >= 15 is 0 Å². The predicted molar refractivity (Wildman–Crippen MR) is 92.2 cm³/mol. The monoisotopic (exact) mass is 384 g/mol. The number of anilines is 1. The number of halogens is 2. The summed E-state index contributed by atoms with van der Waals surface area (Å²) >= 11 is 3.41. The zero-order valence-electron chi connectivity index (χ0n) is 12.0. The maximum absolute atomic E-state index is 12.4. The van der Waals surface area contributed by atoms with Crippen LogP contribution in [0.2, 0.25) is 0 Å². The quantitative estimate of drug-likeness (QED) is 0.808. The summed E-state index contributed by atoms with van der Waals surface area (Å²) in [6.45, 7) is 1.49. The van der Waals surface area contributed by atoms with Crippen LogP contribution in [0.5, 0.6) is 0 Å². The average Bonchev–Trinajstić information content (AvgIpc) is 2.93. The summed E-state index contributed by atoms with van der Waals surface area (Å²) in [6, 6.07) is 7.52. The number of hydrogen-bond acceptors (Lipinski definition) is 3. The molecule has 1 saturated heterocycles. The number of piperidine rings is 1. The summed E-state index contributed by atoms with van der Waals surface area (Å²) in [5.74, 6) is 0.0578. The molecule has 2 heterocycles. The SMILES string of the molecule is Cl.Nc1cccc(C(=O)N2CCC(n3cc(Br)cn3)CC2)c1. The van der Waals surface area contributed by atoms with Crippen molar-refractivity contribution >= 4 is 39.9 Å². The van der Waals surface area contributed by atoms with Gasteiger partial charge in [-0.2, -0.15) is 5.10 Å². The summed E-state index contributed by atoms with van der Waals surface area (Å²) in [6.07, 6.45) is 5.62. The average molecular weight is 386 g/mol.